The van der Waals surface area contributed by atoms with E-state index in [0.29, 0.717) is 18.8 Å². The number of fused-ring (bicyclic) bond motifs is 1. The normalized spacial score (nSPS) is 27.7. The standard InChI is InChI=1S/C21H23FN4O3S/c22-15-6-16(7-23)26(9-15)21(29)18-4-14(20(28)24-18)5-19(27)25-8-12-2-1-3-13(11-30)17(12)10-25/h1-3,14-16,18,30H,4-6,8-11H2,(H,24,28)/t14?,15?,16-,18-/m0/s1. The van der Waals surface area contributed by atoms with E-state index in [1.807, 2.05) is 24.3 Å². The van der Waals surface area contributed by atoms with Crippen molar-refractivity contribution in [1.82, 2.24) is 15.1 Å². The van der Waals surface area contributed by atoms with Crippen LogP contribution < -0.4 is 5.32 Å². The van der Waals surface area contributed by atoms with Crippen LogP contribution in [0.15, 0.2) is 18.2 Å². The molecule has 0 radical (unpaired) electrons. The Bertz CT molecular complexity index is 933. The number of carbonyl (C=O) groups excluding carboxylic acids is 3. The molecule has 158 valence electrons. The Balaban J connectivity index is 1.37. The van der Waals surface area contributed by atoms with E-state index in [1.54, 1.807) is 4.90 Å². The van der Waals surface area contributed by atoms with E-state index in [1.165, 1.54) is 4.90 Å². The number of nitrogens with zero attached hydrogens (tertiary/aromatic N) is 3. The number of alkyl halides is 1. The molecule has 0 bridgehead atoms. The van der Waals surface area contributed by atoms with Crippen LogP contribution in [0.4, 0.5) is 4.39 Å². The molecule has 1 N–H and O–H groups in total. The maximum Gasteiger partial charge on any atom is 0.246 e. The fourth-order valence-corrected chi connectivity index (χ4v) is 4.88. The number of likely N-dealkylation sites (tertiary alicyclic amines) is 1. The Hall–Kier alpha value is -2.60. The minimum Gasteiger partial charge on any atom is -0.344 e. The second-order valence-corrected chi connectivity index (χ2v) is 8.45. The highest BCUT2D eigenvalue weighted by Crippen LogP contribution is 2.30. The molecule has 0 spiro atoms. The van der Waals surface area contributed by atoms with Gasteiger partial charge in [0.05, 0.1) is 12.6 Å². The molecule has 4 atom stereocenters. The first-order valence-electron chi connectivity index (χ1n) is 10.0. The van der Waals surface area contributed by atoms with Crippen LogP contribution in [0.1, 0.15) is 36.0 Å². The van der Waals surface area contributed by atoms with Crippen LogP contribution in [0, 0.1) is 17.2 Å². The Morgan fingerprint density at radius 1 is 1.30 bits per heavy atom. The predicted octanol–water partition coefficient (Wildman–Crippen LogP) is 1.32. The molecule has 2 unspecified atom stereocenters. The molecule has 1 aromatic carbocycles. The number of hydrogen-bond acceptors (Lipinski definition) is 5. The highest BCUT2D eigenvalue weighted by molar-refractivity contribution is 7.79. The fourth-order valence-electron chi connectivity index (χ4n) is 4.59. The second kappa shape index (κ2) is 8.26. The first-order valence-corrected chi connectivity index (χ1v) is 10.7. The summed E-state index contributed by atoms with van der Waals surface area (Å²) in [7, 11) is 0. The molecule has 2 saturated heterocycles. The average molecular weight is 431 g/mol. The van der Waals surface area contributed by atoms with Crippen LogP contribution in [0.5, 0.6) is 0 Å². The van der Waals surface area contributed by atoms with Gasteiger partial charge in [0, 0.05) is 37.6 Å². The van der Waals surface area contributed by atoms with E-state index in [9.17, 15) is 18.8 Å². The lowest BCUT2D eigenvalue weighted by atomic mass is 9.99. The summed E-state index contributed by atoms with van der Waals surface area (Å²) in [6, 6.07) is 6.26. The lowest BCUT2D eigenvalue weighted by molar-refractivity contribution is -0.135. The van der Waals surface area contributed by atoms with Crippen molar-refractivity contribution < 1.29 is 18.8 Å². The molecule has 0 saturated carbocycles. The first-order chi connectivity index (χ1) is 14.4. The quantitative estimate of drug-likeness (QED) is 0.705. The molecule has 2 fully saturated rings. The molecule has 3 aliphatic rings. The number of benzene rings is 1. The number of carbonyl (C=O) groups is 3. The molecular formula is C21H23FN4O3S. The Morgan fingerprint density at radius 3 is 2.83 bits per heavy atom. The molecule has 0 aliphatic carbocycles. The Morgan fingerprint density at radius 2 is 2.10 bits per heavy atom. The number of nitriles is 1. The third-order valence-electron chi connectivity index (χ3n) is 6.21. The lowest BCUT2D eigenvalue weighted by Gasteiger charge is -2.22. The summed E-state index contributed by atoms with van der Waals surface area (Å²) < 4.78 is 13.6. The van der Waals surface area contributed by atoms with Gasteiger partial charge in [0.15, 0.2) is 0 Å². The van der Waals surface area contributed by atoms with Crippen molar-refractivity contribution in [2.45, 2.75) is 56.4 Å². The third kappa shape index (κ3) is 3.76. The van der Waals surface area contributed by atoms with Gasteiger partial charge in [-0.15, -0.1) is 0 Å². The van der Waals surface area contributed by atoms with Crippen LogP contribution in [0.2, 0.25) is 0 Å². The summed E-state index contributed by atoms with van der Waals surface area (Å²) in [5.74, 6) is -0.941. The van der Waals surface area contributed by atoms with Gasteiger partial charge < -0.3 is 15.1 Å². The highest BCUT2D eigenvalue weighted by Gasteiger charge is 2.44. The summed E-state index contributed by atoms with van der Waals surface area (Å²) in [4.78, 5) is 40.8. The van der Waals surface area contributed by atoms with E-state index < -0.39 is 30.1 Å². The smallest absolute Gasteiger partial charge is 0.246 e. The number of halogens is 1. The maximum atomic E-state index is 13.6. The molecule has 4 rings (SSSR count). The molecule has 3 aliphatic heterocycles. The van der Waals surface area contributed by atoms with Crippen LogP contribution in [0.25, 0.3) is 0 Å². The van der Waals surface area contributed by atoms with Gasteiger partial charge >= 0.3 is 0 Å². The van der Waals surface area contributed by atoms with Gasteiger partial charge in [0.1, 0.15) is 18.3 Å². The van der Waals surface area contributed by atoms with Crippen molar-refractivity contribution in [3.05, 3.63) is 34.9 Å². The minimum absolute atomic E-state index is 0.00534. The molecule has 9 heteroatoms. The largest absolute Gasteiger partial charge is 0.344 e. The maximum absolute atomic E-state index is 13.6. The molecule has 7 nitrogen and oxygen atoms in total. The minimum atomic E-state index is -1.23. The number of rotatable bonds is 4. The van der Waals surface area contributed by atoms with E-state index in [0.717, 1.165) is 16.7 Å². The van der Waals surface area contributed by atoms with Gasteiger partial charge in [-0.3, -0.25) is 14.4 Å². The van der Waals surface area contributed by atoms with Crippen molar-refractivity contribution in [3.8, 4) is 6.07 Å². The van der Waals surface area contributed by atoms with Crippen molar-refractivity contribution in [2.75, 3.05) is 6.54 Å². The van der Waals surface area contributed by atoms with Gasteiger partial charge in [0.2, 0.25) is 17.7 Å². The Labute approximate surface area is 179 Å². The molecule has 30 heavy (non-hydrogen) atoms. The van der Waals surface area contributed by atoms with Gasteiger partial charge in [-0.25, -0.2) is 4.39 Å². The van der Waals surface area contributed by atoms with E-state index >= 15 is 0 Å². The zero-order valence-electron chi connectivity index (χ0n) is 16.4. The zero-order chi connectivity index (χ0) is 21.4. The number of hydrogen-bond donors (Lipinski definition) is 2. The topological polar surface area (TPSA) is 93.5 Å². The summed E-state index contributed by atoms with van der Waals surface area (Å²) in [6.07, 6.45) is -1.04. The van der Waals surface area contributed by atoms with Crippen molar-refractivity contribution in [2.24, 2.45) is 5.92 Å². The van der Waals surface area contributed by atoms with Gasteiger partial charge in [-0.2, -0.15) is 17.9 Å². The molecule has 3 amide bonds. The van der Waals surface area contributed by atoms with Gasteiger partial charge in [-0.1, -0.05) is 18.2 Å². The number of amides is 3. The van der Waals surface area contributed by atoms with Crippen LogP contribution in [-0.4, -0.2) is 52.3 Å². The van der Waals surface area contributed by atoms with Crippen LogP contribution in [-0.2, 0) is 33.2 Å². The first kappa shape index (κ1) is 20.7. The van der Waals surface area contributed by atoms with E-state index in [2.05, 4.69) is 17.9 Å². The van der Waals surface area contributed by atoms with Gasteiger partial charge in [0.25, 0.3) is 0 Å². The van der Waals surface area contributed by atoms with E-state index in [-0.39, 0.29) is 37.6 Å². The monoisotopic (exact) mass is 430 g/mol. The SMILES string of the molecule is N#C[C@@H]1CC(F)CN1C(=O)[C@@H]1CC(CC(=O)N2Cc3cccc(CS)c3C2)C(=O)N1. The number of thiol groups is 1. The van der Waals surface area contributed by atoms with Crippen LogP contribution >= 0.6 is 12.6 Å². The predicted molar refractivity (Wildman–Crippen MR) is 109 cm³/mol. The second-order valence-electron chi connectivity index (χ2n) is 8.13. The number of nitrogens with one attached hydrogen (secondary N) is 1. The van der Waals surface area contributed by atoms with Crippen molar-refractivity contribution >= 4 is 30.4 Å². The molecular weight excluding hydrogens is 407 g/mol. The highest BCUT2D eigenvalue weighted by atomic mass is 32.1. The third-order valence-corrected chi connectivity index (χ3v) is 6.55. The van der Waals surface area contributed by atoms with Gasteiger partial charge in [-0.05, 0) is 23.1 Å². The molecule has 0 aromatic heterocycles. The lowest BCUT2D eigenvalue weighted by Crippen LogP contribution is -2.46. The van der Waals surface area contributed by atoms with E-state index in [4.69, 9.17) is 5.26 Å². The summed E-state index contributed by atoms with van der Waals surface area (Å²) in [6.45, 7) is 0.867. The molecule has 1 aromatic rings. The molecule has 3 heterocycles. The van der Waals surface area contributed by atoms with Crippen molar-refractivity contribution in [1.29, 1.82) is 5.26 Å². The summed E-state index contributed by atoms with van der Waals surface area (Å²) in [5.41, 5.74) is 3.30. The summed E-state index contributed by atoms with van der Waals surface area (Å²) in [5, 5.41) is 11.8. The zero-order valence-corrected chi connectivity index (χ0v) is 17.3. The van der Waals surface area contributed by atoms with Crippen molar-refractivity contribution in [3.63, 3.8) is 0 Å². The fraction of sp³-hybridized carbons (Fsp3) is 0.524. The average Bonchev–Trinajstić information content (AvgIpc) is 3.43. The Kier molecular flexibility index (Phi) is 5.69. The summed E-state index contributed by atoms with van der Waals surface area (Å²) >= 11 is 4.34. The van der Waals surface area contributed by atoms with Crippen LogP contribution in [0.3, 0.4) is 0 Å².